The zero-order valence-electron chi connectivity index (χ0n) is 22.1. The molecule has 2 fully saturated rings. The fourth-order valence-corrected chi connectivity index (χ4v) is 5.55. The van der Waals surface area contributed by atoms with Crippen molar-refractivity contribution in [3.8, 4) is 5.75 Å². The van der Waals surface area contributed by atoms with Crippen LogP contribution in [0.1, 0.15) is 18.4 Å². The van der Waals surface area contributed by atoms with Crippen LogP contribution >= 0.6 is 0 Å². The smallest absolute Gasteiger partial charge is 0.195 e. The van der Waals surface area contributed by atoms with E-state index in [2.05, 4.69) is 15.1 Å². The number of rotatable bonds is 6. The molecule has 9 heteroatoms. The Hall–Kier alpha value is -4.08. The van der Waals surface area contributed by atoms with Crippen LogP contribution in [-0.4, -0.2) is 51.2 Å². The number of nitrogens with zero attached hydrogens (tertiary/aromatic N) is 4. The first-order valence-electron chi connectivity index (χ1n) is 13.1. The van der Waals surface area contributed by atoms with E-state index in [1.165, 1.54) is 0 Å². The summed E-state index contributed by atoms with van der Waals surface area (Å²) in [5, 5.41) is 5.06. The number of pyridine rings is 1. The van der Waals surface area contributed by atoms with E-state index < -0.39 is 5.79 Å². The molecule has 0 radical (unpaired) electrons. The van der Waals surface area contributed by atoms with E-state index in [1.807, 2.05) is 60.6 Å². The molecule has 0 atom stereocenters. The summed E-state index contributed by atoms with van der Waals surface area (Å²) in [4.78, 5) is 33.7. The highest BCUT2D eigenvalue weighted by Gasteiger charge is 2.39. The van der Waals surface area contributed by atoms with Gasteiger partial charge in [0, 0.05) is 62.2 Å². The first-order chi connectivity index (χ1) is 19.0. The van der Waals surface area contributed by atoms with Gasteiger partial charge in [-0.15, -0.1) is 4.91 Å². The number of benzene rings is 2. The van der Waals surface area contributed by atoms with E-state index in [1.54, 1.807) is 19.2 Å². The number of fused-ring (bicyclic) bond motifs is 2. The summed E-state index contributed by atoms with van der Waals surface area (Å²) >= 11 is 0. The lowest BCUT2D eigenvalue weighted by Crippen LogP contribution is -2.45. The fraction of sp³-hybridized carbons (Fsp3) is 0.333. The molecule has 3 aromatic carbocycles. The lowest BCUT2D eigenvalue weighted by Gasteiger charge is -2.38. The molecule has 3 heterocycles. The molecule has 2 saturated heterocycles. The van der Waals surface area contributed by atoms with Crippen LogP contribution in [0.25, 0.3) is 21.7 Å². The predicted molar refractivity (Wildman–Crippen MR) is 152 cm³/mol. The molecule has 0 aliphatic carbocycles. The second-order valence-electron chi connectivity index (χ2n) is 10.1. The SMILES string of the molecule is COc1cc(N=O)ccc1CN(C)c1ccc2ccc3ncc(N4CCC5(CC4)OCCO5)cc3c(=O)c2c1. The van der Waals surface area contributed by atoms with Crippen LogP contribution in [0.2, 0.25) is 0 Å². The first-order valence-corrected chi connectivity index (χ1v) is 13.1. The van der Waals surface area contributed by atoms with Crippen molar-refractivity contribution < 1.29 is 14.2 Å². The Labute approximate surface area is 225 Å². The summed E-state index contributed by atoms with van der Waals surface area (Å²) in [6, 6.07) is 16.8. The van der Waals surface area contributed by atoms with Gasteiger partial charge in [-0.05, 0) is 40.9 Å². The summed E-state index contributed by atoms with van der Waals surface area (Å²) < 4.78 is 17.2. The van der Waals surface area contributed by atoms with Crippen LogP contribution < -0.4 is 20.0 Å². The minimum absolute atomic E-state index is 0.0514. The summed E-state index contributed by atoms with van der Waals surface area (Å²) in [6.07, 6.45) is 3.42. The fourth-order valence-electron chi connectivity index (χ4n) is 5.55. The van der Waals surface area contributed by atoms with E-state index in [0.29, 0.717) is 47.5 Å². The molecule has 0 unspecified atom stereocenters. The van der Waals surface area contributed by atoms with Crippen LogP contribution in [0.5, 0.6) is 5.75 Å². The van der Waals surface area contributed by atoms with Crippen molar-refractivity contribution in [3.63, 3.8) is 0 Å². The average molecular weight is 527 g/mol. The molecule has 2 aliphatic heterocycles. The number of hydrogen-bond acceptors (Lipinski definition) is 9. The molecule has 39 heavy (non-hydrogen) atoms. The third-order valence-corrected chi connectivity index (χ3v) is 7.78. The van der Waals surface area contributed by atoms with Crippen molar-refractivity contribution >= 4 is 38.7 Å². The van der Waals surface area contributed by atoms with Crippen LogP contribution in [0.3, 0.4) is 0 Å². The minimum Gasteiger partial charge on any atom is -0.496 e. The van der Waals surface area contributed by atoms with Crippen molar-refractivity contribution in [3.05, 3.63) is 81.5 Å². The first kappa shape index (κ1) is 25.2. The molecule has 4 aromatic rings. The molecule has 1 aromatic heterocycles. The minimum atomic E-state index is -0.451. The Morgan fingerprint density at radius 3 is 2.54 bits per heavy atom. The van der Waals surface area contributed by atoms with E-state index >= 15 is 0 Å². The molecule has 0 amide bonds. The number of aromatic nitrogens is 1. The van der Waals surface area contributed by atoms with Gasteiger partial charge in [0.15, 0.2) is 11.2 Å². The van der Waals surface area contributed by atoms with Crippen LogP contribution in [0.15, 0.2) is 70.8 Å². The molecule has 200 valence electrons. The van der Waals surface area contributed by atoms with Crippen LogP contribution in [0, 0.1) is 4.91 Å². The van der Waals surface area contributed by atoms with E-state index in [4.69, 9.17) is 14.2 Å². The van der Waals surface area contributed by atoms with Gasteiger partial charge in [-0.3, -0.25) is 9.78 Å². The average Bonchev–Trinajstić information content (AvgIpc) is 3.38. The normalized spacial score (nSPS) is 16.6. The monoisotopic (exact) mass is 526 g/mol. The second kappa shape index (κ2) is 10.2. The summed E-state index contributed by atoms with van der Waals surface area (Å²) in [7, 11) is 3.53. The highest BCUT2D eigenvalue weighted by atomic mass is 16.7. The van der Waals surface area contributed by atoms with Crippen molar-refractivity contribution in [2.45, 2.75) is 25.2 Å². The van der Waals surface area contributed by atoms with E-state index in [-0.39, 0.29) is 5.43 Å². The summed E-state index contributed by atoms with van der Waals surface area (Å²) in [5.74, 6) is 0.141. The molecule has 9 nitrogen and oxygen atoms in total. The Morgan fingerprint density at radius 2 is 1.79 bits per heavy atom. The molecule has 0 N–H and O–H groups in total. The van der Waals surface area contributed by atoms with Gasteiger partial charge in [0.05, 0.1) is 43.1 Å². The molecule has 6 rings (SSSR count). The maximum absolute atomic E-state index is 13.9. The standard InChI is InChI=1S/C30H30N4O5/c1-33(19-21-3-6-22(32-36)15-28(21)37-2)23-7-4-20-5-8-27-26(29(35)25(20)16-23)17-24(18-31-27)34-11-9-30(10-12-34)38-13-14-39-30/h3-8,15-18H,9-14,19H2,1-2H3. The Bertz CT molecular complexity index is 1610. The van der Waals surface area contributed by atoms with Gasteiger partial charge in [-0.25, -0.2) is 0 Å². The lowest BCUT2D eigenvalue weighted by molar-refractivity contribution is -0.169. The number of methoxy groups -OCH3 is 1. The number of anilines is 2. The number of hydrogen-bond donors (Lipinski definition) is 0. The zero-order valence-corrected chi connectivity index (χ0v) is 22.1. The Kier molecular flexibility index (Phi) is 6.62. The highest BCUT2D eigenvalue weighted by molar-refractivity contribution is 5.94. The summed E-state index contributed by atoms with van der Waals surface area (Å²) in [6.45, 7) is 3.38. The zero-order chi connectivity index (χ0) is 27.0. The number of nitroso groups, excluding NO2 is 1. The van der Waals surface area contributed by atoms with Gasteiger partial charge in [0.1, 0.15) is 11.4 Å². The Morgan fingerprint density at radius 1 is 1.03 bits per heavy atom. The third kappa shape index (κ3) is 4.79. The Balaban J connectivity index is 1.32. The van der Waals surface area contributed by atoms with Gasteiger partial charge in [-0.2, -0.15) is 0 Å². The van der Waals surface area contributed by atoms with Gasteiger partial charge >= 0.3 is 0 Å². The van der Waals surface area contributed by atoms with Gasteiger partial charge in [0.2, 0.25) is 0 Å². The lowest BCUT2D eigenvalue weighted by atomic mass is 10.0. The largest absolute Gasteiger partial charge is 0.496 e. The number of piperidine rings is 1. The molecule has 0 bridgehead atoms. The van der Waals surface area contributed by atoms with Crippen molar-refractivity contribution in [1.29, 1.82) is 0 Å². The molecule has 1 spiro atoms. The molecule has 2 aliphatic rings. The van der Waals surface area contributed by atoms with Gasteiger partial charge in [-0.1, -0.05) is 18.2 Å². The van der Waals surface area contributed by atoms with Crippen LogP contribution in [0.4, 0.5) is 17.1 Å². The highest BCUT2D eigenvalue weighted by Crippen LogP contribution is 2.34. The number of ether oxygens (including phenoxy) is 3. The van der Waals surface area contributed by atoms with Gasteiger partial charge in [0.25, 0.3) is 0 Å². The molecule has 0 saturated carbocycles. The van der Waals surface area contributed by atoms with Gasteiger partial charge < -0.3 is 24.0 Å². The predicted octanol–water partition coefficient (Wildman–Crippen LogP) is 5.13. The molecular formula is C30H30N4O5. The van der Waals surface area contributed by atoms with E-state index in [0.717, 1.165) is 48.3 Å². The maximum Gasteiger partial charge on any atom is 0.195 e. The maximum atomic E-state index is 13.9. The van der Waals surface area contributed by atoms with E-state index in [9.17, 15) is 9.70 Å². The van der Waals surface area contributed by atoms with Crippen LogP contribution in [-0.2, 0) is 16.0 Å². The van der Waals surface area contributed by atoms with Crippen molar-refractivity contribution in [2.75, 3.05) is 50.3 Å². The van der Waals surface area contributed by atoms with Crippen molar-refractivity contribution in [1.82, 2.24) is 4.98 Å². The summed E-state index contributed by atoms with van der Waals surface area (Å²) in [5.41, 5.74) is 3.66. The second-order valence-corrected chi connectivity index (χ2v) is 10.1. The topological polar surface area (TPSA) is 93.6 Å². The van der Waals surface area contributed by atoms with Crippen molar-refractivity contribution in [2.24, 2.45) is 5.18 Å². The quantitative estimate of drug-likeness (QED) is 0.319. The molecular weight excluding hydrogens is 496 g/mol. The third-order valence-electron chi connectivity index (χ3n) is 7.78.